The Morgan fingerprint density at radius 1 is 1.13 bits per heavy atom. The fourth-order valence-electron chi connectivity index (χ4n) is 2.77. The van der Waals surface area contributed by atoms with Gasteiger partial charge < -0.3 is 14.8 Å². The number of amides is 1. The maximum absolute atomic E-state index is 12.8. The van der Waals surface area contributed by atoms with E-state index in [1.165, 1.54) is 17.4 Å². The van der Waals surface area contributed by atoms with E-state index in [1.807, 2.05) is 36.4 Å². The first-order valence-corrected chi connectivity index (χ1v) is 10.3. The number of nitriles is 1. The number of hydrogen-bond donors (Lipinski definition) is 1. The van der Waals surface area contributed by atoms with Gasteiger partial charge in [-0.2, -0.15) is 5.26 Å². The number of carbonyl (C=O) groups excluding carboxylic acids is 2. The summed E-state index contributed by atoms with van der Waals surface area (Å²) in [5, 5.41) is 12.5. The molecule has 3 rings (SSSR count). The fourth-order valence-corrected chi connectivity index (χ4v) is 3.82. The lowest BCUT2D eigenvalue weighted by atomic mass is 10.1. The van der Waals surface area contributed by atoms with Crippen molar-refractivity contribution in [2.75, 3.05) is 19.0 Å². The Hall–Kier alpha value is -3.89. The van der Waals surface area contributed by atoms with Gasteiger partial charge in [0.05, 0.1) is 19.3 Å². The van der Waals surface area contributed by atoms with E-state index < -0.39 is 11.9 Å². The van der Waals surface area contributed by atoms with E-state index in [2.05, 4.69) is 5.32 Å². The van der Waals surface area contributed by atoms with Crippen molar-refractivity contribution in [3.8, 4) is 22.3 Å². The number of benzene rings is 2. The molecule has 1 aromatic heterocycles. The molecule has 156 valence electrons. The van der Waals surface area contributed by atoms with E-state index in [4.69, 9.17) is 9.47 Å². The van der Waals surface area contributed by atoms with E-state index in [0.717, 1.165) is 10.4 Å². The molecule has 1 heterocycles. The van der Waals surface area contributed by atoms with Crippen LogP contribution in [-0.4, -0.2) is 25.6 Å². The molecule has 1 N–H and O–H groups in total. The Bertz CT molecular complexity index is 1140. The molecule has 6 nitrogen and oxygen atoms in total. The quantitative estimate of drug-likeness (QED) is 0.317. The molecule has 0 fully saturated rings. The lowest BCUT2D eigenvalue weighted by Crippen LogP contribution is -2.15. The smallest absolute Gasteiger partial charge is 0.341 e. The van der Waals surface area contributed by atoms with Gasteiger partial charge in [-0.05, 0) is 42.3 Å². The molecular weight excluding hydrogens is 412 g/mol. The molecule has 0 saturated carbocycles. The summed E-state index contributed by atoms with van der Waals surface area (Å²) < 4.78 is 10.2. The van der Waals surface area contributed by atoms with Crippen LogP contribution in [0.5, 0.6) is 5.75 Å². The predicted octanol–water partition coefficient (Wildman–Crippen LogP) is 5.15. The van der Waals surface area contributed by atoms with Crippen molar-refractivity contribution in [2.45, 2.75) is 6.92 Å². The van der Waals surface area contributed by atoms with Crippen molar-refractivity contribution in [1.82, 2.24) is 0 Å². The Morgan fingerprint density at radius 3 is 2.45 bits per heavy atom. The van der Waals surface area contributed by atoms with Gasteiger partial charge >= 0.3 is 5.97 Å². The van der Waals surface area contributed by atoms with Crippen LogP contribution in [-0.2, 0) is 9.53 Å². The zero-order valence-electron chi connectivity index (χ0n) is 17.0. The van der Waals surface area contributed by atoms with Crippen LogP contribution in [0.25, 0.3) is 16.5 Å². The van der Waals surface area contributed by atoms with Crippen LogP contribution < -0.4 is 10.1 Å². The fraction of sp³-hybridized carbons (Fsp3) is 0.125. The largest absolute Gasteiger partial charge is 0.497 e. The van der Waals surface area contributed by atoms with E-state index in [9.17, 15) is 14.9 Å². The van der Waals surface area contributed by atoms with Crippen LogP contribution in [0.15, 0.2) is 66.2 Å². The lowest BCUT2D eigenvalue weighted by molar-refractivity contribution is -0.112. The number of nitrogens with one attached hydrogen (secondary N) is 1. The van der Waals surface area contributed by atoms with Gasteiger partial charge in [0, 0.05) is 4.88 Å². The lowest BCUT2D eigenvalue weighted by Gasteiger charge is -2.06. The van der Waals surface area contributed by atoms with E-state index in [-0.39, 0.29) is 17.7 Å². The number of hydrogen-bond acceptors (Lipinski definition) is 6. The maximum Gasteiger partial charge on any atom is 0.341 e. The Morgan fingerprint density at radius 2 is 1.84 bits per heavy atom. The minimum absolute atomic E-state index is 0.0883. The normalized spacial score (nSPS) is 10.8. The van der Waals surface area contributed by atoms with Crippen LogP contribution in [0.1, 0.15) is 22.8 Å². The zero-order chi connectivity index (χ0) is 22.2. The van der Waals surface area contributed by atoms with Gasteiger partial charge in [-0.25, -0.2) is 4.79 Å². The molecule has 0 aliphatic rings. The third-order valence-electron chi connectivity index (χ3n) is 4.30. The Labute approximate surface area is 184 Å². The van der Waals surface area contributed by atoms with Gasteiger partial charge in [0.15, 0.2) is 0 Å². The van der Waals surface area contributed by atoms with Crippen molar-refractivity contribution in [2.24, 2.45) is 0 Å². The molecule has 3 aromatic rings. The van der Waals surface area contributed by atoms with Crippen LogP contribution >= 0.6 is 11.3 Å². The molecule has 2 aromatic carbocycles. The molecule has 0 unspecified atom stereocenters. The summed E-state index contributed by atoms with van der Waals surface area (Å²) in [6.45, 7) is 1.93. The number of ether oxygens (including phenoxy) is 2. The number of nitrogens with zero attached hydrogens (tertiary/aromatic N) is 1. The SMILES string of the molecule is CCOC(=O)c1cc(-c2ccccc2)sc1NC(=O)/C(C#N)=C/c1ccc(OC)cc1. The van der Waals surface area contributed by atoms with E-state index >= 15 is 0 Å². The van der Waals surface area contributed by atoms with Gasteiger partial charge in [0.25, 0.3) is 5.91 Å². The minimum Gasteiger partial charge on any atom is -0.497 e. The summed E-state index contributed by atoms with van der Waals surface area (Å²) >= 11 is 1.25. The number of esters is 1. The molecule has 1 amide bonds. The summed E-state index contributed by atoms with van der Waals surface area (Å²) in [6, 6.07) is 20.1. The number of carbonyl (C=O) groups is 2. The highest BCUT2D eigenvalue weighted by molar-refractivity contribution is 7.20. The predicted molar refractivity (Wildman–Crippen MR) is 121 cm³/mol. The monoisotopic (exact) mass is 432 g/mol. The summed E-state index contributed by atoms with van der Waals surface area (Å²) in [5.41, 5.74) is 1.75. The van der Waals surface area contributed by atoms with Gasteiger partial charge in [0.1, 0.15) is 22.4 Å². The van der Waals surface area contributed by atoms with Crippen molar-refractivity contribution in [1.29, 1.82) is 5.26 Å². The number of methoxy groups -OCH3 is 1. The summed E-state index contributed by atoms with van der Waals surface area (Å²) in [6.07, 6.45) is 1.48. The molecule has 31 heavy (non-hydrogen) atoms. The molecule has 0 spiro atoms. The summed E-state index contributed by atoms with van der Waals surface area (Å²) in [7, 11) is 1.56. The van der Waals surface area contributed by atoms with Crippen molar-refractivity contribution in [3.05, 3.63) is 77.4 Å². The number of rotatable bonds is 7. The van der Waals surface area contributed by atoms with Crippen molar-refractivity contribution >= 4 is 34.3 Å². The molecule has 0 aliphatic carbocycles. The van der Waals surface area contributed by atoms with Crippen LogP contribution in [0.3, 0.4) is 0 Å². The summed E-state index contributed by atoms with van der Waals surface area (Å²) in [4.78, 5) is 26.0. The van der Waals surface area contributed by atoms with Gasteiger partial charge in [-0.3, -0.25) is 4.79 Å². The molecule has 7 heteroatoms. The van der Waals surface area contributed by atoms with Crippen LogP contribution in [0.4, 0.5) is 5.00 Å². The second kappa shape index (κ2) is 10.2. The number of anilines is 1. The highest BCUT2D eigenvalue weighted by Gasteiger charge is 2.21. The minimum atomic E-state index is -0.606. The first kappa shape index (κ1) is 21.8. The van der Waals surface area contributed by atoms with E-state index in [1.54, 1.807) is 44.4 Å². The third-order valence-corrected chi connectivity index (χ3v) is 5.40. The Balaban J connectivity index is 1.90. The van der Waals surface area contributed by atoms with Crippen molar-refractivity contribution in [3.63, 3.8) is 0 Å². The second-order valence-electron chi connectivity index (χ2n) is 6.34. The van der Waals surface area contributed by atoms with Crippen molar-refractivity contribution < 1.29 is 19.1 Å². The molecule has 0 atom stereocenters. The summed E-state index contributed by atoms with van der Waals surface area (Å²) in [5.74, 6) is -0.467. The molecular formula is C24H20N2O4S. The average Bonchev–Trinajstić information content (AvgIpc) is 3.22. The highest BCUT2D eigenvalue weighted by atomic mass is 32.1. The van der Waals surface area contributed by atoms with Crippen LogP contribution in [0, 0.1) is 11.3 Å². The number of thiophene rings is 1. The van der Waals surface area contributed by atoms with E-state index in [0.29, 0.717) is 16.3 Å². The molecule has 0 aliphatic heterocycles. The van der Waals surface area contributed by atoms with Gasteiger partial charge in [-0.15, -0.1) is 11.3 Å². The first-order valence-electron chi connectivity index (χ1n) is 9.49. The average molecular weight is 433 g/mol. The van der Waals surface area contributed by atoms with Gasteiger partial charge in [0.2, 0.25) is 0 Å². The standard InChI is InChI=1S/C24H20N2O4S/c1-3-30-24(28)20-14-21(17-7-5-4-6-8-17)31-23(20)26-22(27)18(15-25)13-16-9-11-19(29-2)12-10-16/h4-14H,3H2,1-2H3,(H,26,27)/b18-13+. The maximum atomic E-state index is 12.8. The first-order chi connectivity index (χ1) is 15.0. The second-order valence-corrected chi connectivity index (χ2v) is 7.39. The highest BCUT2D eigenvalue weighted by Crippen LogP contribution is 2.36. The molecule has 0 bridgehead atoms. The topological polar surface area (TPSA) is 88.4 Å². The van der Waals surface area contributed by atoms with Gasteiger partial charge in [-0.1, -0.05) is 42.5 Å². The third kappa shape index (κ3) is 5.38. The molecule has 0 radical (unpaired) electrons. The molecule has 0 saturated heterocycles. The van der Waals surface area contributed by atoms with Crippen LogP contribution in [0.2, 0.25) is 0 Å². The zero-order valence-corrected chi connectivity index (χ0v) is 17.9. The Kier molecular flexibility index (Phi) is 7.20.